The van der Waals surface area contributed by atoms with Crippen molar-refractivity contribution in [3.8, 4) is 34.0 Å². The second-order valence-corrected chi connectivity index (χ2v) is 11.2. The van der Waals surface area contributed by atoms with E-state index in [9.17, 15) is 57.1 Å². The number of alkyl halides is 13. The van der Waals surface area contributed by atoms with Crippen molar-refractivity contribution in [1.82, 2.24) is 9.97 Å². The normalized spacial score (nSPS) is 16.0. The average Bonchev–Trinajstić information content (AvgIpc) is 3.41. The summed E-state index contributed by atoms with van der Waals surface area (Å²) in [6, 6.07) is 11.2. The Morgan fingerprint density at radius 2 is 1.12 bits per heavy atom. The zero-order chi connectivity index (χ0) is 35.8. The largest absolute Gasteiger partial charge is 0.460 e. The van der Waals surface area contributed by atoms with Crippen molar-refractivity contribution >= 4 is 0 Å². The van der Waals surface area contributed by atoms with Crippen LogP contribution in [0.2, 0.25) is 0 Å². The van der Waals surface area contributed by atoms with Crippen molar-refractivity contribution in [2.45, 2.75) is 93.9 Å². The first-order valence-electron chi connectivity index (χ1n) is 14.5. The summed E-state index contributed by atoms with van der Waals surface area (Å²) in [5.74, 6) is -38.2. The number of rotatable bonds is 14. The number of halogens is 13. The molecule has 4 nitrogen and oxygen atoms in total. The fourth-order valence-corrected chi connectivity index (χ4v) is 4.79. The van der Waals surface area contributed by atoms with Crippen molar-refractivity contribution in [2.75, 3.05) is 0 Å². The van der Waals surface area contributed by atoms with Crippen LogP contribution in [0.5, 0.6) is 11.5 Å². The fourth-order valence-electron chi connectivity index (χ4n) is 4.79. The highest BCUT2D eigenvalue weighted by Gasteiger charge is 2.90. The molecule has 1 atom stereocenters. The minimum Gasteiger partial charge on any atom is -0.451 e. The molecule has 0 bridgehead atoms. The van der Waals surface area contributed by atoms with Gasteiger partial charge in [-0.15, -0.1) is 0 Å². The van der Waals surface area contributed by atoms with Crippen LogP contribution in [0.1, 0.15) is 51.0 Å². The van der Waals surface area contributed by atoms with E-state index in [2.05, 4.69) is 16.9 Å². The van der Waals surface area contributed by atoms with Crippen LogP contribution in [-0.2, 0) is 6.42 Å². The first-order chi connectivity index (χ1) is 22.2. The highest BCUT2D eigenvalue weighted by atomic mass is 19.4. The number of unbranched alkanes of at least 4 members (excludes halogenated alkanes) is 4. The molecule has 0 radical (unpaired) electrons. The van der Waals surface area contributed by atoms with Gasteiger partial charge in [0.2, 0.25) is 6.29 Å². The fraction of sp³-hybridized carbons (Fsp3) is 0.484. The highest BCUT2D eigenvalue weighted by molar-refractivity contribution is 5.65. The standard InChI is InChI=1S/C31H27F13N2O2/c1-2-3-4-5-6-7-18-8-10-19(11-9-18)21-16-45-25(46-17-21)20-12-13-22-23(14-20)48-24(47-22)15-26(32,33)27(34,35)28(36,37)29(38,39)30(40,41)31(42,43)44/h8-14,16-17,24H,2-7,15H2,1H3. The van der Waals surface area contributed by atoms with Gasteiger partial charge in [-0.05, 0) is 42.2 Å². The number of nitrogens with zero attached hydrogens (tertiary/aromatic N) is 2. The summed E-state index contributed by atoms with van der Waals surface area (Å²) in [5, 5.41) is 0. The number of aromatic nitrogens is 2. The molecule has 0 saturated carbocycles. The number of hydrogen-bond donors (Lipinski definition) is 0. The molecule has 2 aromatic carbocycles. The summed E-state index contributed by atoms with van der Waals surface area (Å²) in [5.41, 5.74) is 2.81. The van der Waals surface area contributed by atoms with Crippen molar-refractivity contribution < 1.29 is 66.5 Å². The number of aryl methyl sites for hydroxylation is 1. The predicted molar refractivity (Wildman–Crippen MR) is 146 cm³/mol. The molecule has 0 aliphatic carbocycles. The molecule has 3 aromatic rings. The van der Waals surface area contributed by atoms with Crippen LogP contribution in [0.25, 0.3) is 22.5 Å². The first-order valence-corrected chi connectivity index (χ1v) is 14.5. The van der Waals surface area contributed by atoms with E-state index in [0.29, 0.717) is 5.56 Å². The zero-order valence-electron chi connectivity index (χ0n) is 24.8. The molecule has 0 fully saturated rings. The number of hydrogen-bond acceptors (Lipinski definition) is 4. The summed E-state index contributed by atoms with van der Waals surface area (Å²) in [6.45, 7) is 2.14. The summed E-state index contributed by atoms with van der Waals surface area (Å²) in [4.78, 5) is 8.45. The highest BCUT2D eigenvalue weighted by Crippen LogP contribution is 2.61. The van der Waals surface area contributed by atoms with Gasteiger partial charge in [-0.25, -0.2) is 9.97 Å². The lowest BCUT2D eigenvalue weighted by Crippen LogP contribution is -2.70. The van der Waals surface area contributed by atoms with Crippen molar-refractivity contribution in [2.24, 2.45) is 0 Å². The third kappa shape index (κ3) is 6.86. The Kier molecular flexibility index (Phi) is 10.2. The van der Waals surface area contributed by atoms with E-state index in [1.165, 1.54) is 36.9 Å². The lowest BCUT2D eigenvalue weighted by atomic mass is 9.92. The smallest absolute Gasteiger partial charge is 0.451 e. The Labute approximate surface area is 265 Å². The van der Waals surface area contributed by atoms with E-state index in [0.717, 1.165) is 43.4 Å². The monoisotopic (exact) mass is 706 g/mol. The van der Waals surface area contributed by atoms with Crippen LogP contribution in [-0.4, -0.2) is 52.0 Å². The molecule has 48 heavy (non-hydrogen) atoms. The molecule has 0 amide bonds. The quantitative estimate of drug-likeness (QED) is 0.124. The Morgan fingerprint density at radius 3 is 1.71 bits per heavy atom. The van der Waals surface area contributed by atoms with Gasteiger partial charge in [-0.2, -0.15) is 57.1 Å². The van der Waals surface area contributed by atoms with Crippen LogP contribution < -0.4 is 9.47 Å². The van der Waals surface area contributed by atoms with E-state index in [4.69, 9.17) is 9.47 Å². The number of fused-ring (bicyclic) bond motifs is 1. The maximum Gasteiger partial charge on any atom is 0.460 e. The maximum atomic E-state index is 14.4. The third-order valence-electron chi connectivity index (χ3n) is 7.65. The summed E-state index contributed by atoms with van der Waals surface area (Å²) < 4.78 is 185. The maximum absolute atomic E-state index is 14.4. The van der Waals surface area contributed by atoms with Gasteiger partial charge in [0.25, 0.3) is 0 Å². The third-order valence-corrected chi connectivity index (χ3v) is 7.65. The zero-order valence-corrected chi connectivity index (χ0v) is 24.8. The predicted octanol–water partition coefficient (Wildman–Crippen LogP) is 10.5. The van der Waals surface area contributed by atoms with Crippen molar-refractivity contribution in [3.05, 3.63) is 60.4 Å². The van der Waals surface area contributed by atoms with Crippen LogP contribution in [0.15, 0.2) is 54.9 Å². The Hall–Kier alpha value is -3.79. The second-order valence-electron chi connectivity index (χ2n) is 11.2. The van der Waals surface area contributed by atoms with Crippen LogP contribution in [0.4, 0.5) is 57.1 Å². The Bertz CT molecular complexity index is 1540. The Balaban J connectivity index is 1.43. The van der Waals surface area contributed by atoms with Gasteiger partial charge >= 0.3 is 35.8 Å². The molecule has 0 spiro atoms. The minimum atomic E-state index is -7.98. The van der Waals surface area contributed by atoms with Gasteiger partial charge in [0.1, 0.15) is 0 Å². The van der Waals surface area contributed by atoms with Crippen molar-refractivity contribution in [1.29, 1.82) is 0 Å². The molecule has 1 aromatic heterocycles. The van der Waals surface area contributed by atoms with Gasteiger partial charge in [0.05, 0.1) is 6.42 Å². The molecule has 1 unspecified atom stereocenters. The summed E-state index contributed by atoms with van der Waals surface area (Å²) >= 11 is 0. The molecule has 4 rings (SSSR count). The lowest BCUT2D eigenvalue weighted by Gasteiger charge is -2.39. The molecule has 2 heterocycles. The van der Waals surface area contributed by atoms with Gasteiger partial charge in [-0.3, -0.25) is 0 Å². The van der Waals surface area contributed by atoms with Crippen LogP contribution in [0, 0.1) is 0 Å². The molecule has 1 aliphatic heterocycles. The first kappa shape index (κ1) is 37.0. The van der Waals surface area contributed by atoms with Crippen LogP contribution in [0.3, 0.4) is 0 Å². The number of benzene rings is 2. The Morgan fingerprint density at radius 1 is 0.583 bits per heavy atom. The number of ether oxygens (including phenoxy) is 2. The molecular weight excluding hydrogens is 679 g/mol. The molecule has 0 saturated heterocycles. The summed E-state index contributed by atoms with van der Waals surface area (Å²) in [7, 11) is 0. The van der Waals surface area contributed by atoms with Crippen molar-refractivity contribution in [3.63, 3.8) is 0 Å². The van der Waals surface area contributed by atoms with E-state index in [1.807, 2.05) is 24.3 Å². The van der Waals surface area contributed by atoms with Gasteiger partial charge < -0.3 is 9.47 Å². The van der Waals surface area contributed by atoms with Crippen LogP contribution >= 0.6 is 0 Å². The summed E-state index contributed by atoms with van der Waals surface area (Å²) in [6.07, 6.45) is -3.02. The van der Waals surface area contributed by atoms with Gasteiger partial charge in [0, 0.05) is 23.5 Å². The molecule has 0 N–H and O–H groups in total. The average molecular weight is 707 g/mol. The SMILES string of the molecule is CCCCCCCc1ccc(-c2cnc(-c3ccc4c(c3)OC(CC(F)(F)C(F)(F)C(F)(F)C(F)(F)C(F)(F)C(F)(F)F)O4)nc2)cc1. The molecular formula is C31H27F13N2O2. The van der Waals surface area contributed by atoms with E-state index in [1.54, 1.807) is 0 Å². The van der Waals surface area contributed by atoms with E-state index in [-0.39, 0.29) is 11.4 Å². The van der Waals surface area contributed by atoms with E-state index >= 15 is 0 Å². The molecule has 1 aliphatic rings. The van der Waals surface area contributed by atoms with E-state index < -0.39 is 60.0 Å². The topological polar surface area (TPSA) is 44.2 Å². The van der Waals surface area contributed by atoms with Gasteiger partial charge in [0.15, 0.2) is 17.3 Å². The van der Waals surface area contributed by atoms with Gasteiger partial charge in [-0.1, -0.05) is 56.9 Å². The second kappa shape index (κ2) is 13.3. The molecule has 17 heteroatoms. The lowest BCUT2D eigenvalue weighted by molar-refractivity contribution is -0.441. The molecule has 264 valence electrons. The minimum absolute atomic E-state index is 0.0710.